The average molecular weight is 292 g/mol. The fourth-order valence-corrected chi connectivity index (χ4v) is 3.35. The standard InChI is InChI=1S/C15H24N4S/c1-6-14-15(20-13(5)17-14)8-16-11(3)9-19-12(4)7-10(2)18-19/h7,11,16H,6,8-9H2,1-5H3. The second-order valence-corrected chi connectivity index (χ2v) is 6.64. The van der Waals surface area contributed by atoms with Crippen molar-refractivity contribution in [2.45, 2.75) is 60.2 Å². The summed E-state index contributed by atoms with van der Waals surface area (Å²) in [4.78, 5) is 5.94. The third-order valence-electron chi connectivity index (χ3n) is 3.38. The monoisotopic (exact) mass is 292 g/mol. The summed E-state index contributed by atoms with van der Waals surface area (Å²) in [5.74, 6) is 0. The first kappa shape index (κ1) is 15.2. The topological polar surface area (TPSA) is 42.7 Å². The predicted octanol–water partition coefficient (Wildman–Crippen LogP) is 3.01. The van der Waals surface area contributed by atoms with Gasteiger partial charge in [0.15, 0.2) is 0 Å². The van der Waals surface area contributed by atoms with E-state index in [1.54, 1.807) is 11.3 Å². The maximum atomic E-state index is 4.57. The third-order valence-corrected chi connectivity index (χ3v) is 4.39. The Balaban J connectivity index is 1.91. The van der Waals surface area contributed by atoms with Crippen LogP contribution in [0.1, 0.15) is 40.8 Å². The van der Waals surface area contributed by atoms with E-state index in [1.807, 2.05) is 6.92 Å². The van der Waals surface area contributed by atoms with Crippen LogP contribution in [0.5, 0.6) is 0 Å². The molecule has 0 fully saturated rings. The number of thiazole rings is 1. The summed E-state index contributed by atoms with van der Waals surface area (Å²) in [6, 6.07) is 2.51. The fraction of sp³-hybridized carbons (Fsp3) is 0.600. The van der Waals surface area contributed by atoms with Crippen molar-refractivity contribution in [2.75, 3.05) is 0 Å². The summed E-state index contributed by atoms with van der Waals surface area (Å²) in [6.07, 6.45) is 1.01. The molecule has 2 aromatic rings. The minimum atomic E-state index is 0.389. The van der Waals surface area contributed by atoms with E-state index < -0.39 is 0 Å². The van der Waals surface area contributed by atoms with Gasteiger partial charge in [-0.2, -0.15) is 5.10 Å². The molecule has 1 atom stereocenters. The highest BCUT2D eigenvalue weighted by molar-refractivity contribution is 7.11. The normalized spacial score (nSPS) is 12.8. The molecule has 0 aromatic carbocycles. The maximum Gasteiger partial charge on any atom is 0.0900 e. The van der Waals surface area contributed by atoms with E-state index in [-0.39, 0.29) is 0 Å². The van der Waals surface area contributed by atoms with Gasteiger partial charge in [0.2, 0.25) is 0 Å². The molecule has 2 heterocycles. The molecule has 4 nitrogen and oxygen atoms in total. The molecule has 0 spiro atoms. The van der Waals surface area contributed by atoms with Crippen LogP contribution in [0.2, 0.25) is 0 Å². The Morgan fingerprint density at radius 3 is 2.70 bits per heavy atom. The van der Waals surface area contributed by atoms with Crippen LogP contribution >= 0.6 is 11.3 Å². The Bertz CT molecular complexity index is 570. The van der Waals surface area contributed by atoms with Crippen LogP contribution in [0.25, 0.3) is 0 Å². The lowest BCUT2D eigenvalue weighted by atomic mass is 10.2. The summed E-state index contributed by atoms with van der Waals surface area (Å²) < 4.78 is 2.08. The molecule has 0 aliphatic heterocycles. The fourth-order valence-electron chi connectivity index (χ4n) is 2.38. The van der Waals surface area contributed by atoms with Crippen molar-refractivity contribution in [1.29, 1.82) is 0 Å². The lowest BCUT2D eigenvalue weighted by molar-refractivity contribution is 0.444. The molecule has 1 unspecified atom stereocenters. The van der Waals surface area contributed by atoms with Crippen LogP contribution in [0.4, 0.5) is 0 Å². The van der Waals surface area contributed by atoms with Crippen molar-refractivity contribution in [1.82, 2.24) is 20.1 Å². The quantitative estimate of drug-likeness (QED) is 0.890. The Hall–Kier alpha value is -1.20. The molecule has 2 aromatic heterocycles. The van der Waals surface area contributed by atoms with Gasteiger partial charge in [-0.25, -0.2) is 4.98 Å². The van der Waals surface area contributed by atoms with Crippen molar-refractivity contribution >= 4 is 11.3 Å². The summed E-state index contributed by atoms with van der Waals surface area (Å²) in [6.45, 7) is 12.4. The second kappa shape index (κ2) is 6.50. The molecule has 0 amide bonds. The van der Waals surface area contributed by atoms with Gasteiger partial charge in [0.05, 0.1) is 22.9 Å². The van der Waals surface area contributed by atoms with Crippen molar-refractivity contribution in [2.24, 2.45) is 0 Å². The minimum Gasteiger partial charge on any atom is -0.307 e. The molecule has 110 valence electrons. The van der Waals surface area contributed by atoms with E-state index in [2.05, 4.69) is 53.8 Å². The molecule has 1 N–H and O–H groups in total. The van der Waals surface area contributed by atoms with Gasteiger partial charge in [0.1, 0.15) is 0 Å². The van der Waals surface area contributed by atoms with E-state index in [0.717, 1.165) is 30.2 Å². The molecule has 20 heavy (non-hydrogen) atoms. The number of hydrogen-bond donors (Lipinski definition) is 1. The molecule has 0 bridgehead atoms. The number of nitrogens with zero attached hydrogens (tertiary/aromatic N) is 3. The summed E-state index contributed by atoms with van der Waals surface area (Å²) >= 11 is 1.80. The third kappa shape index (κ3) is 3.67. The van der Waals surface area contributed by atoms with Gasteiger partial charge in [-0.3, -0.25) is 4.68 Å². The second-order valence-electron chi connectivity index (χ2n) is 5.35. The first-order valence-electron chi connectivity index (χ1n) is 7.19. The number of aryl methyl sites for hydroxylation is 4. The average Bonchev–Trinajstić information content (AvgIpc) is 2.89. The van der Waals surface area contributed by atoms with E-state index >= 15 is 0 Å². The van der Waals surface area contributed by atoms with Crippen LogP contribution in [-0.2, 0) is 19.5 Å². The van der Waals surface area contributed by atoms with Crippen LogP contribution in [-0.4, -0.2) is 20.8 Å². The van der Waals surface area contributed by atoms with E-state index in [0.29, 0.717) is 6.04 Å². The Morgan fingerprint density at radius 2 is 2.10 bits per heavy atom. The highest BCUT2D eigenvalue weighted by Gasteiger charge is 2.10. The molecule has 0 aliphatic rings. The summed E-state index contributed by atoms with van der Waals surface area (Å²) in [5.41, 5.74) is 3.54. The SMILES string of the molecule is CCc1nc(C)sc1CNC(C)Cn1nc(C)cc1C. The minimum absolute atomic E-state index is 0.389. The molecule has 0 saturated carbocycles. The van der Waals surface area contributed by atoms with Crippen LogP contribution in [0, 0.1) is 20.8 Å². The van der Waals surface area contributed by atoms with Crippen molar-refractivity contribution in [3.05, 3.63) is 33.0 Å². The number of hydrogen-bond acceptors (Lipinski definition) is 4. The van der Waals surface area contributed by atoms with Gasteiger partial charge in [0, 0.05) is 23.2 Å². The van der Waals surface area contributed by atoms with Gasteiger partial charge in [0.25, 0.3) is 0 Å². The van der Waals surface area contributed by atoms with Gasteiger partial charge in [-0.1, -0.05) is 6.92 Å². The Kier molecular flexibility index (Phi) is 4.94. The zero-order chi connectivity index (χ0) is 14.7. The largest absolute Gasteiger partial charge is 0.307 e. The molecular weight excluding hydrogens is 268 g/mol. The first-order chi connectivity index (χ1) is 9.49. The summed E-state index contributed by atoms with van der Waals surface area (Å²) in [5, 5.41) is 9.25. The zero-order valence-electron chi connectivity index (χ0n) is 13.0. The lowest BCUT2D eigenvalue weighted by Gasteiger charge is -2.14. The van der Waals surface area contributed by atoms with Gasteiger partial charge < -0.3 is 5.32 Å². The van der Waals surface area contributed by atoms with Crippen LogP contribution < -0.4 is 5.32 Å². The predicted molar refractivity (Wildman–Crippen MR) is 84.2 cm³/mol. The van der Waals surface area contributed by atoms with Gasteiger partial charge in [-0.05, 0) is 40.2 Å². The van der Waals surface area contributed by atoms with Gasteiger partial charge >= 0.3 is 0 Å². The zero-order valence-corrected chi connectivity index (χ0v) is 13.8. The molecule has 2 rings (SSSR count). The van der Waals surface area contributed by atoms with Crippen molar-refractivity contribution < 1.29 is 0 Å². The Labute approximate surface area is 125 Å². The van der Waals surface area contributed by atoms with E-state index in [4.69, 9.17) is 0 Å². The maximum absolute atomic E-state index is 4.57. The molecule has 0 saturated heterocycles. The van der Waals surface area contributed by atoms with Crippen molar-refractivity contribution in [3.8, 4) is 0 Å². The summed E-state index contributed by atoms with van der Waals surface area (Å²) in [7, 11) is 0. The van der Waals surface area contributed by atoms with Crippen LogP contribution in [0.15, 0.2) is 6.07 Å². The number of nitrogens with one attached hydrogen (secondary N) is 1. The highest BCUT2D eigenvalue weighted by Crippen LogP contribution is 2.18. The first-order valence-corrected chi connectivity index (χ1v) is 8.00. The van der Waals surface area contributed by atoms with Crippen molar-refractivity contribution in [3.63, 3.8) is 0 Å². The molecular formula is C15H24N4S. The number of aromatic nitrogens is 3. The van der Waals surface area contributed by atoms with Gasteiger partial charge in [-0.15, -0.1) is 11.3 Å². The van der Waals surface area contributed by atoms with E-state index in [9.17, 15) is 0 Å². The lowest BCUT2D eigenvalue weighted by Crippen LogP contribution is -2.30. The van der Waals surface area contributed by atoms with E-state index in [1.165, 1.54) is 16.3 Å². The molecule has 0 radical (unpaired) electrons. The Morgan fingerprint density at radius 1 is 1.35 bits per heavy atom. The van der Waals surface area contributed by atoms with Crippen LogP contribution in [0.3, 0.4) is 0 Å². The molecule has 5 heteroatoms. The number of rotatable bonds is 6. The highest BCUT2D eigenvalue weighted by atomic mass is 32.1. The molecule has 0 aliphatic carbocycles. The smallest absolute Gasteiger partial charge is 0.0900 e.